The van der Waals surface area contributed by atoms with Gasteiger partial charge >= 0.3 is 6.18 Å². The number of rotatable bonds is 2. The maximum Gasteiger partial charge on any atom is 0.416 e. The lowest BCUT2D eigenvalue weighted by Gasteiger charge is -2.09. The molecule has 1 aliphatic heterocycles. The SMILES string of the molecule is O=C(Nc1ccc(C(F)(F)F)cc1)c1ccc2c(c1)CCO2. The van der Waals surface area contributed by atoms with Crippen LogP contribution >= 0.6 is 0 Å². The summed E-state index contributed by atoms with van der Waals surface area (Å²) < 4.78 is 42.8. The van der Waals surface area contributed by atoms with Gasteiger partial charge in [0, 0.05) is 17.7 Å². The molecule has 1 amide bonds. The molecule has 0 fully saturated rings. The van der Waals surface area contributed by atoms with Crippen molar-refractivity contribution in [2.45, 2.75) is 12.6 Å². The second-order valence-corrected chi connectivity index (χ2v) is 4.95. The summed E-state index contributed by atoms with van der Waals surface area (Å²) in [5.74, 6) is 0.403. The summed E-state index contributed by atoms with van der Waals surface area (Å²) in [6.45, 7) is 0.597. The van der Waals surface area contributed by atoms with Crippen LogP contribution in [0.3, 0.4) is 0 Å². The van der Waals surface area contributed by atoms with Crippen LogP contribution in [0.4, 0.5) is 18.9 Å². The van der Waals surface area contributed by atoms with Crippen LogP contribution in [-0.4, -0.2) is 12.5 Å². The number of amides is 1. The molecule has 22 heavy (non-hydrogen) atoms. The van der Waals surface area contributed by atoms with E-state index < -0.39 is 11.7 Å². The number of anilines is 1. The van der Waals surface area contributed by atoms with Crippen molar-refractivity contribution in [1.29, 1.82) is 0 Å². The van der Waals surface area contributed by atoms with Crippen LogP contribution in [0, 0.1) is 0 Å². The number of benzene rings is 2. The highest BCUT2D eigenvalue weighted by molar-refractivity contribution is 6.04. The normalized spacial score (nSPS) is 13.4. The van der Waals surface area contributed by atoms with E-state index in [9.17, 15) is 18.0 Å². The Kier molecular flexibility index (Phi) is 3.52. The van der Waals surface area contributed by atoms with Gasteiger partial charge in [0.2, 0.25) is 0 Å². The zero-order valence-electron chi connectivity index (χ0n) is 11.4. The molecule has 0 saturated heterocycles. The molecule has 2 aromatic carbocycles. The van der Waals surface area contributed by atoms with E-state index in [4.69, 9.17) is 4.74 Å². The summed E-state index contributed by atoms with van der Waals surface area (Å²) in [7, 11) is 0. The highest BCUT2D eigenvalue weighted by Gasteiger charge is 2.30. The Balaban J connectivity index is 1.74. The second-order valence-electron chi connectivity index (χ2n) is 4.95. The second kappa shape index (κ2) is 5.36. The number of carbonyl (C=O) groups excluding carboxylic acids is 1. The van der Waals surface area contributed by atoms with Crippen LogP contribution in [0.2, 0.25) is 0 Å². The number of ether oxygens (including phenoxy) is 1. The van der Waals surface area contributed by atoms with Crippen molar-refractivity contribution in [3.63, 3.8) is 0 Å². The number of alkyl halides is 3. The van der Waals surface area contributed by atoms with Gasteiger partial charge in [-0.25, -0.2) is 0 Å². The Labute approximate surface area is 124 Å². The van der Waals surface area contributed by atoms with Gasteiger partial charge in [-0.15, -0.1) is 0 Å². The first kappa shape index (κ1) is 14.4. The van der Waals surface area contributed by atoms with Crippen molar-refractivity contribution in [3.8, 4) is 5.75 Å². The molecule has 6 heteroatoms. The van der Waals surface area contributed by atoms with Crippen molar-refractivity contribution < 1.29 is 22.7 Å². The molecule has 0 aromatic heterocycles. The molecule has 0 bridgehead atoms. The van der Waals surface area contributed by atoms with E-state index in [1.807, 2.05) is 0 Å². The Hall–Kier alpha value is -2.50. The lowest BCUT2D eigenvalue weighted by Crippen LogP contribution is -2.12. The van der Waals surface area contributed by atoms with Crippen LogP contribution in [0.25, 0.3) is 0 Å². The summed E-state index contributed by atoms with van der Waals surface area (Å²) in [4.78, 5) is 12.1. The molecule has 0 aliphatic carbocycles. The van der Waals surface area contributed by atoms with Gasteiger partial charge in [0.1, 0.15) is 5.75 Å². The minimum Gasteiger partial charge on any atom is -0.493 e. The fourth-order valence-electron chi connectivity index (χ4n) is 2.27. The van der Waals surface area contributed by atoms with Gasteiger partial charge < -0.3 is 10.1 Å². The van der Waals surface area contributed by atoms with Gasteiger partial charge in [0.15, 0.2) is 0 Å². The molecule has 0 atom stereocenters. The minimum absolute atomic E-state index is 0.315. The van der Waals surface area contributed by atoms with Gasteiger partial charge in [0.25, 0.3) is 5.91 Å². The van der Waals surface area contributed by atoms with Crippen molar-refractivity contribution >= 4 is 11.6 Å². The minimum atomic E-state index is -4.39. The fourth-order valence-corrected chi connectivity index (χ4v) is 2.27. The van der Waals surface area contributed by atoms with Crippen molar-refractivity contribution in [3.05, 3.63) is 59.2 Å². The lowest BCUT2D eigenvalue weighted by atomic mass is 10.1. The molecule has 2 aromatic rings. The summed E-state index contributed by atoms with van der Waals surface area (Å²) in [6, 6.07) is 9.43. The third-order valence-electron chi connectivity index (χ3n) is 3.42. The highest BCUT2D eigenvalue weighted by atomic mass is 19.4. The van der Waals surface area contributed by atoms with E-state index in [0.717, 1.165) is 29.9 Å². The first-order valence-electron chi connectivity index (χ1n) is 6.68. The zero-order chi connectivity index (χ0) is 15.7. The van der Waals surface area contributed by atoms with Crippen LogP contribution in [0.15, 0.2) is 42.5 Å². The van der Waals surface area contributed by atoms with Gasteiger partial charge in [-0.2, -0.15) is 13.2 Å². The average molecular weight is 307 g/mol. The number of nitrogens with one attached hydrogen (secondary N) is 1. The Morgan fingerprint density at radius 3 is 2.50 bits per heavy atom. The molecular formula is C16H12F3NO2. The number of carbonyl (C=O) groups is 1. The van der Waals surface area contributed by atoms with Crippen molar-refractivity contribution in [1.82, 2.24) is 0 Å². The van der Waals surface area contributed by atoms with E-state index in [1.165, 1.54) is 12.1 Å². The Morgan fingerprint density at radius 2 is 1.82 bits per heavy atom. The predicted molar refractivity (Wildman–Crippen MR) is 75.0 cm³/mol. The van der Waals surface area contributed by atoms with Gasteiger partial charge in [-0.3, -0.25) is 4.79 Å². The van der Waals surface area contributed by atoms with Crippen molar-refractivity contribution in [2.75, 3.05) is 11.9 Å². The Morgan fingerprint density at radius 1 is 1.09 bits per heavy atom. The van der Waals surface area contributed by atoms with Crippen LogP contribution < -0.4 is 10.1 Å². The first-order valence-corrected chi connectivity index (χ1v) is 6.68. The fraction of sp³-hybridized carbons (Fsp3) is 0.188. The van der Waals surface area contributed by atoms with E-state index in [0.29, 0.717) is 17.9 Å². The summed E-state index contributed by atoms with van der Waals surface area (Å²) >= 11 is 0. The predicted octanol–water partition coefficient (Wildman–Crippen LogP) is 3.89. The maximum atomic E-state index is 12.5. The van der Waals surface area contributed by atoms with Crippen LogP contribution in [0.1, 0.15) is 21.5 Å². The quantitative estimate of drug-likeness (QED) is 0.914. The molecule has 1 N–H and O–H groups in total. The Bertz CT molecular complexity index is 708. The number of fused-ring (bicyclic) bond motifs is 1. The number of hydrogen-bond acceptors (Lipinski definition) is 2. The molecule has 0 saturated carbocycles. The third kappa shape index (κ3) is 2.90. The van der Waals surface area contributed by atoms with Gasteiger partial charge in [0.05, 0.1) is 12.2 Å². The van der Waals surface area contributed by atoms with Crippen LogP contribution in [-0.2, 0) is 12.6 Å². The third-order valence-corrected chi connectivity index (χ3v) is 3.42. The number of halogens is 3. The summed E-state index contributed by atoms with van der Waals surface area (Å²) in [5.41, 5.74) is 0.971. The summed E-state index contributed by atoms with van der Waals surface area (Å²) in [5, 5.41) is 2.58. The van der Waals surface area contributed by atoms with Crippen molar-refractivity contribution in [2.24, 2.45) is 0 Å². The molecule has 1 heterocycles. The molecule has 0 unspecified atom stereocenters. The summed E-state index contributed by atoms with van der Waals surface area (Å²) in [6.07, 6.45) is -3.64. The smallest absolute Gasteiger partial charge is 0.416 e. The van der Waals surface area contributed by atoms with E-state index in [2.05, 4.69) is 5.32 Å². The molecular weight excluding hydrogens is 295 g/mol. The maximum absolute atomic E-state index is 12.5. The average Bonchev–Trinajstić information content (AvgIpc) is 2.94. The zero-order valence-corrected chi connectivity index (χ0v) is 11.4. The lowest BCUT2D eigenvalue weighted by molar-refractivity contribution is -0.137. The van der Waals surface area contributed by atoms with E-state index >= 15 is 0 Å². The van der Waals surface area contributed by atoms with Gasteiger partial charge in [-0.05, 0) is 48.0 Å². The molecule has 114 valence electrons. The monoisotopic (exact) mass is 307 g/mol. The van der Waals surface area contributed by atoms with E-state index in [-0.39, 0.29) is 5.91 Å². The van der Waals surface area contributed by atoms with E-state index in [1.54, 1.807) is 18.2 Å². The topological polar surface area (TPSA) is 38.3 Å². The molecule has 3 rings (SSSR count). The molecule has 3 nitrogen and oxygen atoms in total. The first-order chi connectivity index (χ1) is 10.4. The van der Waals surface area contributed by atoms with Gasteiger partial charge in [-0.1, -0.05) is 0 Å². The molecule has 0 spiro atoms. The highest BCUT2D eigenvalue weighted by Crippen LogP contribution is 2.30. The molecule has 0 radical (unpaired) electrons. The largest absolute Gasteiger partial charge is 0.493 e. The standard InChI is InChI=1S/C16H12F3NO2/c17-16(18,19)12-2-4-13(5-3-12)20-15(21)11-1-6-14-10(9-11)7-8-22-14/h1-6,9H,7-8H2,(H,20,21). The molecule has 1 aliphatic rings. The van der Waals surface area contributed by atoms with Crippen LogP contribution in [0.5, 0.6) is 5.75 Å². The number of hydrogen-bond donors (Lipinski definition) is 1.